The first kappa shape index (κ1) is 27.2. The smallest absolute Gasteiger partial charge is 0.378 e. The molecule has 4 rings (SSSR count). The van der Waals surface area contributed by atoms with E-state index in [9.17, 15) is 18.0 Å². The van der Waals surface area contributed by atoms with E-state index in [1.807, 2.05) is 31.3 Å². The topological polar surface area (TPSA) is 32.3 Å². The van der Waals surface area contributed by atoms with Crippen LogP contribution >= 0.6 is 11.3 Å². The molecule has 1 aliphatic rings. The van der Waals surface area contributed by atoms with Crippen LogP contribution in [-0.2, 0) is 6.18 Å². The summed E-state index contributed by atoms with van der Waals surface area (Å²) in [7, 11) is 1.82. The second-order valence-corrected chi connectivity index (χ2v) is 11.3. The third kappa shape index (κ3) is 6.56. The first-order chi connectivity index (χ1) is 17.7. The molecule has 0 saturated heterocycles. The number of hydrogen-bond donors (Lipinski definition) is 1. The number of carbonyl (C=O) groups is 1. The second kappa shape index (κ2) is 11.7. The predicted molar refractivity (Wildman–Crippen MR) is 146 cm³/mol. The SMILES string of the molecule is CCCN(C)C(=O)c1ccc(NC(c2cc(-c3ccc(C(F)(F)F)cc3)sc2C)C2CCCCC2)cc1. The van der Waals surface area contributed by atoms with Crippen LogP contribution < -0.4 is 5.32 Å². The van der Waals surface area contributed by atoms with E-state index in [1.54, 1.807) is 28.4 Å². The minimum Gasteiger partial charge on any atom is -0.378 e. The molecule has 1 fully saturated rings. The summed E-state index contributed by atoms with van der Waals surface area (Å²) in [5.74, 6) is 0.492. The highest BCUT2D eigenvalue weighted by atomic mass is 32.1. The monoisotopic (exact) mass is 528 g/mol. The van der Waals surface area contributed by atoms with E-state index >= 15 is 0 Å². The number of nitrogens with one attached hydrogen (secondary N) is 1. The van der Waals surface area contributed by atoms with Crippen LogP contribution in [0.25, 0.3) is 10.4 Å². The van der Waals surface area contributed by atoms with Gasteiger partial charge in [-0.05, 0) is 85.7 Å². The molecule has 2 aromatic carbocycles. The van der Waals surface area contributed by atoms with Crippen molar-refractivity contribution in [2.24, 2.45) is 5.92 Å². The van der Waals surface area contributed by atoms with E-state index in [0.29, 0.717) is 11.5 Å². The molecule has 1 saturated carbocycles. The largest absolute Gasteiger partial charge is 0.416 e. The lowest BCUT2D eigenvalue weighted by atomic mass is 9.81. The average molecular weight is 529 g/mol. The molecule has 1 heterocycles. The molecule has 198 valence electrons. The van der Waals surface area contributed by atoms with Crippen molar-refractivity contribution in [2.45, 2.75) is 64.6 Å². The Labute approximate surface area is 221 Å². The summed E-state index contributed by atoms with van der Waals surface area (Å²) in [6.45, 7) is 4.87. The Hall–Kier alpha value is -2.80. The van der Waals surface area contributed by atoms with Crippen LogP contribution in [0.4, 0.5) is 18.9 Å². The van der Waals surface area contributed by atoms with Crippen LogP contribution in [0.1, 0.15) is 77.9 Å². The van der Waals surface area contributed by atoms with E-state index in [4.69, 9.17) is 0 Å². The van der Waals surface area contributed by atoms with E-state index in [2.05, 4.69) is 25.2 Å². The molecule has 7 heteroatoms. The predicted octanol–water partition coefficient (Wildman–Crippen LogP) is 8.96. The van der Waals surface area contributed by atoms with Crippen LogP contribution in [0.2, 0.25) is 0 Å². The number of rotatable bonds is 8. The number of amides is 1. The molecule has 1 unspecified atom stereocenters. The van der Waals surface area contributed by atoms with Crippen molar-refractivity contribution >= 4 is 22.9 Å². The molecule has 1 aliphatic carbocycles. The standard InChI is InChI=1S/C30H35F3N2OS/c1-4-18-35(3)29(36)23-12-16-25(17-13-23)34-28(22-8-6-5-7-9-22)26-19-27(37-20(26)2)21-10-14-24(15-11-21)30(31,32)33/h10-17,19,22,28,34H,4-9,18H2,1-3H3. The third-order valence-corrected chi connectivity index (χ3v) is 8.38. The molecule has 3 aromatic rings. The van der Waals surface area contributed by atoms with Gasteiger partial charge in [0.2, 0.25) is 0 Å². The van der Waals surface area contributed by atoms with Crippen LogP contribution in [0.15, 0.2) is 54.6 Å². The zero-order valence-corrected chi connectivity index (χ0v) is 22.5. The Kier molecular flexibility index (Phi) is 8.63. The first-order valence-electron chi connectivity index (χ1n) is 13.1. The highest BCUT2D eigenvalue weighted by molar-refractivity contribution is 7.15. The van der Waals surface area contributed by atoms with Gasteiger partial charge in [-0.3, -0.25) is 4.79 Å². The number of thiophene rings is 1. The number of benzene rings is 2. The van der Waals surface area contributed by atoms with Crippen LogP contribution in [0.3, 0.4) is 0 Å². The number of carbonyl (C=O) groups excluding carboxylic acids is 1. The van der Waals surface area contributed by atoms with E-state index in [1.165, 1.54) is 29.7 Å². The van der Waals surface area contributed by atoms with Crippen molar-refractivity contribution in [3.05, 3.63) is 76.2 Å². The van der Waals surface area contributed by atoms with E-state index in [0.717, 1.165) is 54.1 Å². The number of anilines is 1. The molecule has 0 bridgehead atoms. The summed E-state index contributed by atoms with van der Waals surface area (Å²) in [5, 5.41) is 3.75. The van der Waals surface area contributed by atoms with Gasteiger partial charge in [0.25, 0.3) is 5.91 Å². The Balaban J connectivity index is 1.59. The molecule has 3 nitrogen and oxygen atoms in total. The molecular formula is C30H35F3N2OS. The van der Waals surface area contributed by atoms with Gasteiger partial charge in [-0.1, -0.05) is 38.3 Å². The van der Waals surface area contributed by atoms with Gasteiger partial charge in [-0.15, -0.1) is 11.3 Å². The maximum atomic E-state index is 13.0. The summed E-state index contributed by atoms with van der Waals surface area (Å²) in [6, 6.07) is 15.4. The lowest BCUT2D eigenvalue weighted by Crippen LogP contribution is -2.27. The number of nitrogens with zero attached hydrogens (tertiary/aromatic N) is 1. The average Bonchev–Trinajstić information content (AvgIpc) is 3.28. The molecule has 1 N–H and O–H groups in total. The highest BCUT2D eigenvalue weighted by Crippen LogP contribution is 2.42. The maximum absolute atomic E-state index is 13.0. The van der Waals surface area contributed by atoms with Gasteiger partial charge < -0.3 is 10.2 Å². The Morgan fingerprint density at radius 2 is 1.70 bits per heavy atom. The molecule has 0 spiro atoms. The van der Waals surface area contributed by atoms with Gasteiger partial charge in [-0.25, -0.2) is 0 Å². The normalized spacial score (nSPS) is 15.4. The number of hydrogen-bond acceptors (Lipinski definition) is 3. The van der Waals surface area contributed by atoms with Crippen molar-refractivity contribution in [1.29, 1.82) is 0 Å². The maximum Gasteiger partial charge on any atom is 0.416 e. The zero-order valence-electron chi connectivity index (χ0n) is 21.7. The first-order valence-corrected chi connectivity index (χ1v) is 13.9. The van der Waals surface area contributed by atoms with Crippen molar-refractivity contribution in [3.63, 3.8) is 0 Å². The minimum absolute atomic E-state index is 0.0205. The molecule has 37 heavy (non-hydrogen) atoms. The van der Waals surface area contributed by atoms with Gasteiger partial charge in [0.15, 0.2) is 0 Å². The Morgan fingerprint density at radius 1 is 1.05 bits per heavy atom. The summed E-state index contributed by atoms with van der Waals surface area (Å²) >= 11 is 1.63. The Bertz CT molecular complexity index is 1180. The van der Waals surface area contributed by atoms with E-state index in [-0.39, 0.29) is 11.9 Å². The van der Waals surface area contributed by atoms with Crippen molar-refractivity contribution in [2.75, 3.05) is 18.9 Å². The van der Waals surface area contributed by atoms with Gasteiger partial charge in [-0.2, -0.15) is 13.2 Å². The van der Waals surface area contributed by atoms with E-state index < -0.39 is 11.7 Å². The fourth-order valence-electron chi connectivity index (χ4n) is 5.23. The zero-order chi connectivity index (χ0) is 26.6. The quantitative estimate of drug-likeness (QED) is 0.316. The lowest BCUT2D eigenvalue weighted by Gasteiger charge is -2.32. The summed E-state index contributed by atoms with van der Waals surface area (Å²) in [6.07, 6.45) is 2.52. The van der Waals surface area contributed by atoms with Gasteiger partial charge in [0.05, 0.1) is 11.6 Å². The lowest BCUT2D eigenvalue weighted by molar-refractivity contribution is -0.137. The van der Waals surface area contributed by atoms with Crippen molar-refractivity contribution in [1.82, 2.24) is 4.90 Å². The third-order valence-electron chi connectivity index (χ3n) is 7.27. The fraction of sp³-hybridized carbons (Fsp3) is 0.433. The molecule has 1 amide bonds. The molecular weight excluding hydrogens is 493 g/mol. The Morgan fingerprint density at radius 3 is 2.30 bits per heavy atom. The van der Waals surface area contributed by atoms with Crippen LogP contribution in [0.5, 0.6) is 0 Å². The van der Waals surface area contributed by atoms with Gasteiger partial charge in [0, 0.05) is 34.6 Å². The van der Waals surface area contributed by atoms with Crippen molar-refractivity contribution < 1.29 is 18.0 Å². The summed E-state index contributed by atoms with van der Waals surface area (Å²) in [5.41, 5.74) is 3.01. The summed E-state index contributed by atoms with van der Waals surface area (Å²) in [4.78, 5) is 16.5. The molecule has 1 aromatic heterocycles. The van der Waals surface area contributed by atoms with Crippen LogP contribution in [0, 0.1) is 12.8 Å². The number of halogens is 3. The van der Waals surface area contributed by atoms with Crippen molar-refractivity contribution in [3.8, 4) is 10.4 Å². The molecule has 0 aliphatic heterocycles. The highest BCUT2D eigenvalue weighted by Gasteiger charge is 2.31. The molecule has 0 radical (unpaired) electrons. The fourth-order valence-corrected chi connectivity index (χ4v) is 6.31. The minimum atomic E-state index is -4.34. The van der Waals surface area contributed by atoms with Crippen LogP contribution in [-0.4, -0.2) is 24.4 Å². The van der Waals surface area contributed by atoms with Gasteiger partial charge in [0.1, 0.15) is 0 Å². The number of aryl methyl sites for hydroxylation is 1. The summed E-state index contributed by atoms with van der Waals surface area (Å²) < 4.78 is 39.1. The molecule has 1 atom stereocenters. The second-order valence-electron chi connectivity index (χ2n) is 10.0. The van der Waals surface area contributed by atoms with Gasteiger partial charge >= 0.3 is 6.18 Å². The number of alkyl halides is 3.